The predicted octanol–water partition coefficient (Wildman–Crippen LogP) is 4.05. The van der Waals surface area contributed by atoms with Crippen molar-refractivity contribution in [3.05, 3.63) is 47.2 Å². The molecule has 3 fully saturated rings. The van der Waals surface area contributed by atoms with Crippen molar-refractivity contribution in [3.8, 4) is 5.75 Å². The van der Waals surface area contributed by atoms with Crippen molar-refractivity contribution in [2.75, 3.05) is 39.0 Å². The highest BCUT2D eigenvalue weighted by Gasteiger charge is 2.31. The molecule has 1 amide bonds. The number of pyridine rings is 1. The highest BCUT2D eigenvalue weighted by atomic mass is 19.1. The number of halogens is 1. The number of hydrogen-bond donors (Lipinski definition) is 2. The van der Waals surface area contributed by atoms with E-state index in [0.717, 1.165) is 44.6 Å². The topological polar surface area (TPSA) is 100 Å². The van der Waals surface area contributed by atoms with Crippen LogP contribution in [0.25, 0.3) is 11.2 Å². The van der Waals surface area contributed by atoms with Crippen molar-refractivity contribution in [1.82, 2.24) is 24.8 Å². The Bertz CT molecular complexity index is 1280. The lowest BCUT2D eigenvalue weighted by atomic mass is 9.88. The maximum atomic E-state index is 15.1. The first-order chi connectivity index (χ1) is 17.5. The van der Waals surface area contributed by atoms with Gasteiger partial charge in [-0.25, -0.2) is 14.4 Å². The summed E-state index contributed by atoms with van der Waals surface area (Å²) in [5.74, 6) is 1.51. The molecule has 1 unspecified atom stereocenters. The van der Waals surface area contributed by atoms with Crippen molar-refractivity contribution in [2.24, 2.45) is 0 Å². The molecule has 8 nitrogen and oxygen atoms in total. The summed E-state index contributed by atoms with van der Waals surface area (Å²) in [6.07, 6.45) is 7.24. The zero-order chi connectivity index (χ0) is 24.8. The fourth-order valence-corrected chi connectivity index (χ4v) is 5.68. The van der Waals surface area contributed by atoms with Crippen LogP contribution in [0.1, 0.15) is 72.1 Å². The Morgan fingerprint density at radius 1 is 1.14 bits per heavy atom. The maximum Gasteiger partial charge on any atom is 0.255 e. The monoisotopic (exact) mass is 492 g/mol. The number of rotatable bonds is 5. The van der Waals surface area contributed by atoms with Crippen molar-refractivity contribution in [2.45, 2.75) is 56.5 Å². The Hall–Kier alpha value is -3.20. The van der Waals surface area contributed by atoms with Crippen LogP contribution < -0.4 is 10.5 Å². The molecule has 2 aliphatic heterocycles. The van der Waals surface area contributed by atoms with E-state index in [1.807, 2.05) is 11.0 Å². The van der Waals surface area contributed by atoms with Crippen LogP contribution in [0.2, 0.25) is 0 Å². The summed E-state index contributed by atoms with van der Waals surface area (Å²) >= 11 is 0. The van der Waals surface area contributed by atoms with Crippen LogP contribution in [0.4, 0.5) is 10.1 Å². The maximum absolute atomic E-state index is 15.1. The highest BCUT2D eigenvalue weighted by Crippen LogP contribution is 2.36. The Labute approximate surface area is 210 Å². The summed E-state index contributed by atoms with van der Waals surface area (Å²) in [4.78, 5) is 29.8. The van der Waals surface area contributed by atoms with Crippen molar-refractivity contribution >= 4 is 22.8 Å². The number of likely N-dealkylation sites (tertiary alicyclic amines) is 2. The molecule has 0 spiro atoms. The van der Waals surface area contributed by atoms with Gasteiger partial charge in [0.15, 0.2) is 5.65 Å². The van der Waals surface area contributed by atoms with Gasteiger partial charge in [-0.05, 0) is 70.2 Å². The van der Waals surface area contributed by atoms with E-state index in [1.54, 1.807) is 12.1 Å². The molecule has 1 aromatic carbocycles. The Morgan fingerprint density at radius 2 is 1.94 bits per heavy atom. The third-order valence-corrected chi connectivity index (χ3v) is 7.81. The van der Waals surface area contributed by atoms with Crippen LogP contribution in [0, 0.1) is 5.82 Å². The number of aromatic amines is 1. The average Bonchev–Trinajstić information content (AvgIpc) is 3.58. The molecule has 2 aromatic heterocycles. The molecule has 0 radical (unpaired) electrons. The zero-order valence-electron chi connectivity index (χ0n) is 20.7. The second-order valence-electron chi connectivity index (χ2n) is 10.6. The van der Waals surface area contributed by atoms with Gasteiger partial charge >= 0.3 is 0 Å². The number of nitrogen functional groups attached to an aromatic ring is 1. The number of likely N-dealkylation sites (N-methyl/N-ethyl adjacent to an activating group) is 1. The van der Waals surface area contributed by atoms with E-state index in [4.69, 9.17) is 15.5 Å². The van der Waals surface area contributed by atoms with Gasteiger partial charge in [0.1, 0.15) is 17.4 Å². The summed E-state index contributed by atoms with van der Waals surface area (Å²) in [5.41, 5.74) is 9.06. The smallest absolute Gasteiger partial charge is 0.255 e. The summed E-state index contributed by atoms with van der Waals surface area (Å²) in [5, 5.41) is 0. The molecule has 3 N–H and O–H groups in total. The van der Waals surface area contributed by atoms with E-state index in [0.29, 0.717) is 65.6 Å². The molecule has 190 valence electrons. The van der Waals surface area contributed by atoms with Crippen LogP contribution in [0.15, 0.2) is 24.4 Å². The second kappa shape index (κ2) is 9.35. The molecule has 1 saturated carbocycles. The third-order valence-electron chi connectivity index (χ3n) is 7.81. The van der Waals surface area contributed by atoms with Crippen molar-refractivity contribution in [3.63, 3.8) is 0 Å². The van der Waals surface area contributed by atoms with Crippen molar-refractivity contribution < 1.29 is 13.9 Å². The third kappa shape index (κ3) is 4.52. The Morgan fingerprint density at radius 3 is 2.67 bits per heavy atom. The number of carbonyl (C=O) groups is 1. The number of nitrogens with zero attached hydrogens (tertiary/aromatic N) is 4. The molecular weight excluding hydrogens is 459 g/mol. The van der Waals surface area contributed by atoms with Crippen LogP contribution in [0.5, 0.6) is 5.75 Å². The van der Waals surface area contributed by atoms with E-state index >= 15 is 4.39 Å². The zero-order valence-corrected chi connectivity index (χ0v) is 20.7. The molecule has 1 aliphatic carbocycles. The molecule has 3 aromatic rings. The van der Waals surface area contributed by atoms with E-state index in [2.05, 4.69) is 21.9 Å². The van der Waals surface area contributed by atoms with Gasteiger partial charge in [-0.15, -0.1) is 0 Å². The standard InChI is InChI=1S/C27H33FN6O2/c1-33-10-2-3-17(15-33)25-31-24-23(21(28)14-30-26(24)32-25)16-8-11-34(12-9-16)27(35)20-7-6-19(13-22(20)29)36-18-4-5-18/h6-7,13-14,16-18H,2-5,8-12,15,29H2,1H3,(H,30,31,32). The average molecular weight is 493 g/mol. The fourth-order valence-electron chi connectivity index (χ4n) is 5.68. The second-order valence-corrected chi connectivity index (χ2v) is 10.6. The Kier molecular flexibility index (Phi) is 6.03. The van der Waals surface area contributed by atoms with E-state index in [9.17, 15) is 4.79 Å². The van der Waals surface area contributed by atoms with Crippen LogP contribution >= 0.6 is 0 Å². The number of aromatic nitrogens is 3. The summed E-state index contributed by atoms with van der Waals surface area (Å²) in [6, 6.07) is 5.31. The minimum atomic E-state index is -0.307. The van der Waals surface area contributed by atoms with Gasteiger partial charge < -0.3 is 25.3 Å². The molecule has 2 saturated heterocycles. The minimum Gasteiger partial charge on any atom is -0.490 e. The van der Waals surface area contributed by atoms with E-state index < -0.39 is 0 Å². The van der Waals surface area contributed by atoms with Gasteiger partial charge in [0, 0.05) is 42.9 Å². The molecule has 3 aliphatic rings. The number of hydrogen-bond acceptors (Lipinski definition) is 6. The number of fused-ring (bicyclic) bond motifs is 1. The number of carbonyl (C=O) groups excluding carboxylic acids is 1. The number of imidazole rings is 1. The number of piperidine rings is 2. The largest absolute Gasteiger partial charge is 0.490 e. The van der Waals surface area contributed by atoms with E-state index in [1.165, 1.54) is 6.20 Å². The first kappa shape index (κ1) is 23.2. The lowest BCUT2D eigenvalue weighted by Gasteiger charge is -2.32. The van der Waals surface area contributed by atoms with Gasteiger partial charge in [-0.1, -0.05) is 0 Å². The van der Waals surface area contributed by atoms with Crippen LogP contribution in [-0.2, 0) is 0 Å². The highest BCUT2D eigenvalue weighted by molar-refractivity contribution is 5.99. The Balaban J connectivity index is 1.17. The van der Waals surface area contributed by atoms with Crippen molar-refractivity contribution in [1.29, 1.82) is 0 Å². The molecule has 36 heavy (non-hydrogen) atoms. The molecule has 4 heterocycles. The lowest BCUT2D eigenvalue weighted by molar-refractivity contribution is 0.0713. The number of nitrogens with two attached hydrogens (primary N) is 1. The number of amides is 1. The number of ether oxygens (including phenoxy) is 1. The predicted molar refractivity (Wildman–Crippen MR) is 136 cm³/mol. The minimum absolute atomic E-state index is 0.00598. The summed E-state index contributed by atoms with van der Waals surface area (Å²) in [6.45, 7) is 3.12. The number of benzene rings is 1. The van der Waals surface area contributed by atoms with Gasteiger partial charge in [-0.3, -0.25) is 4.79 Å². The van der Waals surface area contributed by atoms with Crippen LogP contribution in [0.3, 0.4) is 0 Å². The first-order valence-electron chi connectivity index (χ1n) is 13.0. The molecule has 0 bridgehead atoms. The van der Waals surface area contributed by atoms with Gasteiger partial charge in [-0.2, -0.15) is 0 Å². The fraction of sp³-hybridized carbons (Fsp3) is 0.519. The quantitative estimate of drug-likeness (QED) is 0.521. The van der Waals surface area contributed by atoms with Gasteiger partial charge in [0.05, 0.1) is 23.4 Å². The van der Waals surface area contributed by atoms with E-state index in [-0.39, 0.29) is 23.7 Å². The summed E-state index contributed by atoms with van der Waals surface area (Å²) < 4.78 is 20.9. The first-order valence-corrected chi connectivity index (χ1v) is 13.0. The number of nitrogens with one attached hydrogen (secondary N) is 1. The summed E-state index contributed by atoms with van der Waals surface area (Å²) in [7, 11) is 2.12. The normalized spacial score (nSPS) is 21.7. The molecule has 6 rings (SSSR count). The van der Waals surface area contributed by atoms with Gasteiger partial charge in [0.2, 0.25) is 0 Å². The SMILES string of the molecule is CN1CCCC(c2nc3ncc(F)c(C4CCN(C(=O)c5ccc(OC6CC6)cc5N)CC4)c3[nH]2)C1. The number of anilines is 1. The molecule has 1 atom stereocenters. The lowest BCUT2D eigenvalue weighted by Crippen LogP contribution is -2.38. The van der Waals surface area contributed by atoms with Crippen LogP contribution in [-0.4, -0.2) is 70.0 Å². The molecular formula is C27H33FN6O2. The van der Waals surface area contributed by atoms with Gasteiger partial charge in [0.25, 0.3) is 5.91 Å². The number of H-pyrrole nitrogens is 1. The molecule has 9 heteroatoms.